The molecule has 0 aromatic carbocycles. The second-order valence-corrected chi connectivity index (χ2v) is 6.91. The molecule has 0 atom stereocenters. The Balaban J connectivity index is 2.20. The van der Waals surface area contributed by atoms with E-state index in [1.165, 1.54) is 9.80 Å². The molecular weight excluding hydrogens is 358 g/mol. The quantitative estimate of drug-likeness (QED) is 0.528. The number of carbonyl (C=O) groups excluding carboxylic acids is 4. The summed E-state index contributed by atoms with van der Waals surface area (Å²) in [6.45, 7) is 8.38. The largest absolute Gasteiger partial charge is 0.456 e. The molecule has 0 radical (unpaired) electrons. The van der Waals surface area contributed by atoms with E-state index in [-0.39, 0.29) is 25.5 Å². The molecule has 3 amide bonds. The van der Waals surface area contributed by atoms with Crippen molar-refractivity contribution in [2.45, 2.75) is 39.7 Å². The maximum absolute atomic E-state index is 12.1. The zero-order chi connectivity index (χ0) is 20.4. The predicted molar refractivity (Wildman–Crippen MR) is 95.0 cm³/mol. The van der Waals surface area contributed by atoms with E-state index in [1.54, 1.807) is 27.7 Å². The number of alkyl carbamates (subject to hydrolysis) is 1. The van der Waals surface area contributed by atoms with E-state index < -0.39 is 23.8 Å². The number of esters is 1. The van der Waals surface area contributed by atoms with E-state index in [1.807, 2.05) is 0 Å². The number of nitrogens with one attached hydrogen (secondary N) is 1. The molecule has 1 aliphatic heterocycles. The molecule has 0 aliphatic carbocycles. The Bertz CT molecular complexity index is 537. The summed E-state index contributed by atoms with van der Waals surface area (Å²) in [7, 11) is 0. The number of hydrogen-bond donors (Lipinski definition) is 1. The summed E-state index contributed by atoms with van der Waals surface area (Å²) in [5.74, 6) is -0.920. The average molecular weight is 387 g/mol. The van der Waals surface area contributed by atoms with E-state index in [0.29, 0.717) is 32.8 Å². The van der Waals surface area contributed by atoms with E-state index in [4.69, 9.17) is 14.2 Å². The van der Waals surface area contributed by atoms with E-state index in [0.717, 1.165) is 0 Å². The van der Waals surface area contributed by atoms with E-state index >= 15 is 0 Å². The fourth-order valence-corrected chi connectivity index (χ4v) is 2.24. The highest BCUT2D eigenvalue weighted by Gasteiger charge is 2.25. The minimum absolute atomic E-state index is 0.0557. The molecule has 1 rings (SSSR count). The molecule has 154 valence electrons. The van der Waals surface area contributed by atoms with Crippen LogP contribution >= 0.6 is 0 Å². The third-order valence-electron chi connectivity index (χ3n) is 3.51. The highest BCUT2D eigenvalue weighted by molar-refractivity contribution is 5.81. The van der Waals surface area contributed by atoms with Crippen LogP contribution in [0.2, 0.25) is 0 Å². The monoisotopic (exact) mass is 387 g/mol. The molecule has 1 N–H and O–H groups in total. The zero-order valence-corrected chi connectivity index (χ0v) is 16.4. The van der Waals surface area contributed by atoms with E-state index in [2.05, 4.69) is 5.32 Å². The highest BCUT2D eigenvalue weighted by atomic mass is 16.6. The summed E-state index contributed by atoms with van der Waals surface area (Å²) in [6.07, 6.45) is -1.08. The van der Waals surface area contributed by atoms with Crippen LogP contribution in [-0.2, 0) is 23.8 Å². The first-order valence-electron chi connectivity index (χ1n) is 8.94. The van der Waals surface area contributed by atoms with Crippen molar-refractivity contribution in [2.75, 3.05) is 45.9 Å². The van der Waals surface area contributed by atoms with Gasteiger partial charge >= 0.3 is 18.2 Å². The summed E-state index contributed by atoms with van der Waals surface area (Å²) in [6, 6.07) is 0. The van der Waals surface area contributed by atoms with Crippen LogP contribution in [0.25, 0.3) is 0 Å². The SMILES string of the molecule is CCOC(=O)N1CCN(C(=O)COC(=O)CCNC(=O)OC(C)(C)C)CC1. The lowest BCUT2D eigenvalue weighted by Crippen LogP contribution is -2.51. The smallest absolute Gasteiger partial charge is 0.409 e. The maximum Gasteiger partial charge on any atom is 0.409 e. The Morgan fingerprint density at radius 3 is 2.11 bits per heavy atom. The van der Waals surface area contributed by atoms with Crippen molar-refractivity contribution in [3.63, 3.8) is 0 Å². The van der Waals surface area contributed by atoms with Gasteiger partial charge in [-0.25, -0.2) is 9.59 Å². The van der Waals surface area contributed by atoms with Crippen LogP contribution in [0.3, 0.4) is 0 Å². The van der Waals surface area contributed by atoms with Crippen LogP contribution in [0.1, 0.15) is 34.1 Å². The Labute approximate surface area is 159 Å². The second-order valence-electron chi connectivity index (χ2n) is 6.91. The topological polar surface area (TPSA) is 114 Å². The molecule has 0 unspecified atom stereocenters. The fourth-order valence-electron chi connectivity index (χ4n) is 2.24. The molecule has 0 bridgehead atoms. The highest BCUT2D eigenvalue weighted by Crippen LogP contribution is 2.06. The van der Waals surface area contributed by atoms with Crippen molar-refractivity contribution in [2.24, 2.45) is 0 Å². The molecule has 0 saturated carbocycles. The zero-order valence-electron chi connectivity index (χ0n) is 16.4. The Kier molecular flexibility index (Phi) is 8.83. The van der Waals surface area contributed by atoms with Crippen LogP contribution in [0.5, 0.6) is 0 Å². The van der Waals surface area contributed by atoms with Gasteiger partial charge in [-0.1, -0.05) is 0 Å². The van der Waals surface area contributed by atoms with Gasteiger partial charge < -0.3 is 29.3 Å². The Hall–Kier alpha value is -2.52. The molecular formula is C17H29N3O7. The lowest BCUT2D eigenvalue weighted by Gasteiger charge is -2.33. The summed E-state index contributed by atoms with van der Waals surface area (Å²) >= 11 is 0. The average Bonchev–Trinajstić information content (AvgIpc) is 2.58. The summed E-state index contributed by atoms with van der Waals surface area (Å²) < 4.78 is 14.9. The Morgan fingerprint density at radius 2 is 1.56 bits per heavy atom. The number of amides is 3. The van der Waals surface area contributed by atoms with Gasteiger partial charge in [0.1, 0.15) is 5.60 Å². The number of nitrogens with zero attached hydrogens (tertiary/aromatic N) is 2. The van der Waals surface area contributed by atoms with Crippen molar-refractivity contribution < 1.29 is 33.4 Å². The third-order valence-corrected chi connectivity index (χ3v) is 3.51. The van der Waals surface area contributed by atoms with Gasteiger partial charge in [0, 0.05) is 32.7 Å². The van der Waals surface area contributed by atoms with Crippen LogP contribution < -0.4 is 5.32 Å². The fraction of sp³-hybridized carbons (Fsp3) is 0.765. The molecule has 0 aromatic rings. The molecule has 1 saturated heterocycles. The summed E-state index contributed by atoms with van der Waals surface area (Å²) in [4.78, 5) is 49.8. The van der Waals surface area contributed by atoms with Gasteiger partial charge in [-0.05, 0) is 27.7 Å². The van der Waals surface area contributed by atoms with Gasteiger partial charge in [0.15, 0.2) is 6.61 Å². The van der Waals surface area contributed by atoms with Crippen LogP contribution in [-0.4, -0.2) is 85.4 Å². The third kappa shape index (κ3) is 9.11. The molecule has 0 spiro atoms. The first-order valence-corrected chi connectivity index (χ1v) is 8.94. The molecule has 1 aliphatic rings. The second kappa shape index (κ2) is 10.6. The molecule has 10 nitrogen and oxygen atoms in total. The number of piperazine rings is 1. The molecule has 0 aromatic heterocycles. The standard InChI is InChI=1S/C17H29N3O7/c1-5-25-16(24)20-10-8-19(9-11-20)13(21)12-26-14(22)6-7-18-15(23)27-17(2,3)4/h5-12H2,1-4H3,(H,18,23). The molecule has 1 heterocycles. The molecule has 27 heavy (non-hydrogen) atoms. The Morgan fingerprint density at radius 1 is 0.963 bits per heavy atom. The van der Waals surface area contributed by atoms with Gasteiger partial charge in [-0.15, -0.1) is 0 Å². The lowest BCUT2D eigenvalue weighted by atomic mass is 10.2. The number of ether oxygens (including phenoxy) is 3. The van der Waals surface area contributed by atoms with Crippen molar-refractivity contribution in [3.8, 4) is 0 Å². The van der Waals surface area contributed by atoms with Gasteiger partial charge in [0.05, 0.1) is 13.0 Å². The van der Waals surface area contributed by atoms with E-state index in [9.17, 15) is 19.2 Å². The van der Waals surface area contributed by atoms with Crippen LogP contribution in [0.4, 0.5) is 9.59 Å². The predicted octanol–water partition coefficient (Wildman–Crippen LogP) is 0.745. The minimum atomic E-state index is -0.620. The lowest BCUT2D eigenvalue weighted by molar-refractivity contribution is -0.152. The van der Waals surface area contributed by atoms with Crippen molar-refractivity contribution in [1.29, 1.82) is 0 Å². The van der Waals surface area contributed by atoms with Crippen LogP contribution in [0, 0.1) is 0 Å². The minimum Gasteiger partial charge on any atom is -0.456 e. The first kappa shape index (κ1) is 22.5. The normalized spacial score (nSPS) is 14.4. The number of rotatable bonds is 6. The van der Waals surface area contributed by atoms with Gasteiger partial charge in [-0.2, -0.15) is 0 Å². The van der Waals surface area contributed by atoms with Gasteiger partial charge in [0.25, 0.3) is 5.91 Å². The summed E-state index contributed by atoms with van der Waals surface area (Å²) in [5.41, 5.74) is -0.617. The van der Waals surface area contributed by atoms with Gasteiger partial charge in [-0.3, -0.25) is 9.59 Å². The first-order chi connectivity index (χ1) is 12.6. The molecule has 10 heteroatoms. The van der Waals surface area contributed by atoms with Crippen molar-refractivity contribution in [1.82, 2.24) is 15.1 Å². The van der Waals surface area contributed by atoms with Crippen LogP contribution in [0.15, 0.2) is 0 Å². The van der Waals surface area contributed by atoms with Crippen molar-refractivity contribution in [3.05, 3.63) is 0 Å². The molecule has 1 fully saturated rings. The van der Waals surface area contributed by atoms with Crippen molar-refractivity contribution >= 4 is 24.1 Å². The van der Waals surface area contributed by atoms with Gasteiger partial charge in [0.2, 0.25) is 0 Å². The maximum atomic E-state index is 12.1. The number of carbonyl (C=O) groups is 4. The number of hydrogen-bond acceptors (Lipinski definition) is 7. The summed E-state index contributed by atoms with van der Waals surface area (Å²) in [5, 5.41) is 2.44.